The van der Waals surface area contributed by atoms with Crippen LogP contribution in [0.25, 0.3) is 0 Å². The molecule has 0 saturated carbocycles. The predicted molar refractivity (Wildman–Crippen MR) is 89.0 cm³/mol. The Morgan fingerprint density at radius 1 is 1.12 bits per heavy atom. The van der Waals surface area contributed by atoms with Crippen LogP contribution in [0.15, 0.2) is 30.3 Å². The first-order valence-corrected chi connectivity index (χ1v) is 8.43. The Morgan fingerprint density at radius 2 is 1.88 bits per heavy atom. The van der Waals surface area contributed by atoms with E-state index in [1.807, 2.05) is 37.3 Å². The van der Waals surface area contributed by atoms with Crippen LogP contribution in [0.1, 0.15) is 12.5 Å². The number of carbonyl (C=O) groups is 2. The van der Waals surface area contributed by atoms with E-state index in [1.165, 1.54) is 0 Å². The van der Waals surface area contributed by atoms with Crippen LogP contribution in [-0.2, 0) is 20.8 Å². The van der Waals surface area contributed by atoms with Crippen molar-refractivity contribution >= 4 is 12.1 Å². The molecule has 8 heteroatoms. The molecule has 2 heterocycles. The van der Waals surface area contributed by atoms with E-state index in [9.17, 15) is 9.59 Å². The third-order valence-corrected chi connectivity index (χ3v) is 4.20. The van der Waals surface area contributed by atoms with Crippen molar-refractivity contribution in [2.75, 3.05) is 19.8 Å². The second-order valence-electron chi connectivity index (χ2n) is 5.99. The molecule has 2 saturated heterocycles. The van der Waals surface area contributed by atoms with E-state index in [2.05, 4.69) is 16.0 Å². The molecule has 0 bridgehead atoms. The number of rotatable bonds is 5. The standard InChI is InChI=1S/C17H23N3O5/c1-2-18-17(22)25-13-10-24-14-12(9-23-15(13)14)20-16(21)19-8-11-6-4-3-5-7-11/h3-7,12-15H,2,8-10H2,1H3,(H,18,22)(H2,19,20,21)/t12-,13+,14+,15+/m0/s1. The molecule has 1 aromatic rings. The highest BCUT2D eigenvalue weighted by atomic mass is 16.6. The highest BCUT2D eigenvalue weighted by molar-refractivity contribution is 5.74. The van der Waals surface area contributed by atoms with Crippen LogP contribution in [0.3, 0.4) is 0 Å². The summed E-state index contributed by atoms with van der Waals surface area (Å²) in [7, 11) is 0. The molecule has 8 nitrogen and oxygen atoms in total. The molecule has 0 aromatic heterocycles. The number of carbonyl (C=O) groups excluding carboxylic acids is 2. The maximum Gasteiger partial charge on any atom is 0.407 e. The molecule has 3 N–H and O–H groups in total. The molecule has 2 aliphatic rings. The summed E-state index contributed by atoms with van der Waals surface area (Å²) in [5.41, 5.74) is 1.02. The lowest BCUT2D eigenvalue weighted by atomic mass is 10.1. The monoisotopic (exact) mass is 349 g/mol. The SMILES string of the molecule is CCNC(=O)O[C@@H]1CO[C@H]2[C@@H]1OC[C@@H]2NC(=O)NCc1ccccc1. The normalized spacial score (nSPS) is 27.4. The summed E-state index contributed by atoms with van der Waals surface area (Å²) in [5.74, 6) is 0. The molecule has 2 aliphatic heterocycles. The zero-order chi connectivity index (χ0) is 17.6. The minimum atomic E-state index is -0.489. The van der Waals surface area contributed by atoms with Gasteiger partial charge < -0.3 is 30.2 Å². The van der Waals surface area contributed by atoms with Crippen LogP contribution in [0.5, 0.6) is 0 Å². The van der Waals surface area contributed by atoms with E-state index in [0.29, 0.717) is 19.7 Å². The average molecular weight is 349 g/mol. The van der Waals surface area contributed by atoms with Gasteiger partial charge in [-0.25, -0.2) is 9.59 Å². The molecular formula is C17H23N3O5. The summed E-state index contributed by atoms with van der Waals surface area (Å²) in [6, 6.07) is 9.10. The third-order valence-electron chi connectivity index (χ3n) is 4.20. The van der Waals surface area contributed by atoms with Gasteiger partial charge >= 0.3 is 12.1 Å². The first-order valence-electron chi connectivity index (χ1n) is 8.43. The summed E-state index contributed by atoms with van der Waals surface area (Å²) in [4.78, 5) is 23.6. The fourth-order valence-electron chi connectivity index (χ4n) is 3.01. The van der Waals surface area contributed by atoms with Gasteiger partial charge in [-0.05, 0) is 12.5 Å². The van der Waals surface area contributed by atoms with Crippen LogP contribution in [0, 0.1) is 0 Å². The van der Waals surface area contributed by atoms with Gasteiger partial charge in [-0.1, -0.05) is 30.3 Å². The molecule has 2 fully saturated rings. The van der Waals surface area contributed by atoms with E-state index in [-0.39, 0.29) is 30.9 Å². The van der Waals surface area contributed by atoms with Crippen molar-refractivity contribution in [2.24, 2.45) is 0 Å². The topological polar surface area (TPSA) is 97.9 Å². The first kappa shape index (κ1) is 17.5. The van der Waals surface area contributed by atoms with E-state index in [1.54, 1.807) is 0 Å². The Hall–Kier alpha value is -2.32. The van der Waals surface area contributed by atoms with Gasteiger partial charge in [-0.3, -0.25) is 0 Å². The molecule has 0 unspecified atom stereocenters. The minimum absolute atomic E-state index is 0.260. The number of ether oxygens (including phenoxy) is 3. The lowest BCUT2D eigenvalue weighted by molar-refractivity contribution is 0.00417. The van der Waals surface area contributed by atoms with Crippen molar-refractivity contribution in [3.63, 3.8) is 0 Å². The van der Waals surface area contributed by atoms with Crippen molar-refractivity contribution in [3.8, 4) is 0 Å². The second-order valence-corrected chi connectivity index (χ2v) is 5.99. The number of alkyl carbamates (subject to hydrolysis) is 1. The highest BCUT2D eigenvalue weighted by Gasteiger charge is 2.49. The Morgan fingerprint density at radius 3 is 2.64 bits per heavy atom. The third kappa shape index (κ3) is 4.40. The predicted octanol–water partition coefficient (Wildman–Crippen LogP) is 0.767. The highest BCUT2D eigenvalue weighted by Crippen LogP contribution is 2.28. The van der Waals surface area contributed by atoms with Crippen molar-refractivity contribution in [1.29, 1.82) is 0 Å². The van der Waals surface area contributed by atoms with Crippen molar-refractivity contribution in [1.82, 2.24) is 16.0 Å². The summed E-state index contributed by atoms with van der Waals surface area (Å²) in [5, 5.41) is 8.25. The molecule has 4 atom stereocenters. The number of fused-ring (bicyclic) bond motifs is 1. The summed E-state index contributed by atoms with van der Waals surface area (Å²) in [6.45, 7) is 3.33. The van der Waals surface area contributed by atoms with Crippen LogP contribution in [0.4, 0.5) is 9.59 Å². The smallest absolute Gasteiger partial charge is 0.407 e. The lowest BCUT2D eigenvalue weighted by Gasteiger charge is -2.18. The van der Waals surface area contributed by atoms with Crippen LogP contribution in [-0.4, -0.2) is 56.2 Å². The van der Waals surface area contributed by atoms with Crippen LogP contribution >= 0.6 is 0 Å². The fraction of sp³-hybridized carbons (Fsp3) is 0.529. The largest absolute Gasteiger partial charge is 0.441 e. The number of hydrogen-bond donors (Lipinski definition) is 3. The molecular weight excluding hydrogens is 326 g/mol. The van der Waals surface area contributed by atoms with Gasteiger partial charge in [0.25, 0.3) is 0 Å². The van der Waals surface area contributed by atoms with Gasteiger partial charge in [0, 0.05) is 13.1 Å². The molecule has 25 heavy (non-hydrogen) atoms. The Balaban J connectivity index is 1.45. The Kier molecular flexibility index (Phi) is 5.72. The number of amides is 3. The average Bonchev–Trinajstić information content (AvgIpc) is 3.18. The van der Waals surface area contributed by atoms with Crippen molar-refractivity contribution in [3.05, 3.63) is 35.9 Å². The number of nitrogens with one attached hydrogen (secondary N) is 3. The van der Waals surface area contributed by atoms with Crippen molar-refractivity contribution in [2.45, 2.75) is 37.8 Å². The van der Waals surface area contributed by atoms with Gasteiger partial charge in [-0.15, -0.1) is 0 Å². The number of benzene rings is 1. The van der Waals surface area contributed by atoms with E-state index < -0.39 is 12.2 Å². The molecule has 0 radical (unpaired) electrons. The van der Waals surface area contributed by atoms with Crippen molar-refractivity contribution < 1.29 is 23.8 Å². The Bertz CT molecular complexity index is 597. The number of urea groups is 1. The Labute approximate surface area is 146 Å². The number of hydrogen-bond acceptors (Lipinski definition) is 5. The van der Waals surface area contributed by atoms with E-state index in [0.717, 1.165) is 5.56 Å². The fourth-order valence-corrected chi connectivity index (χ4v) is 3.01. The first-order chi connectivity index (χ1) is 12.2. The molecule has 1 aromatic carbocycles. The molecule has 0 spiro atoms. The van der Waals surface area contributed by atoms with E-state index in [4.69, 9.17) is 14.2 Å². The van der Waals surface area contributed by atoms with Gasteiger partial charge in [0.2, 0.25) is 0 Å². The molecule has 3 rings (SSSR count). The molecule has 136 valence electrons. The van der Waals surface area contributed by atoms with Gasteiger partial charge in [-0.2, -0.15) is 0 Å². The van der Waals surface area contributed by atoms with Gasteiger partial charge in [0.15, 0.2) is 6.10 Å². The van der Waals surface area contributed by atoms with Crippen LogP contribution < -0.4 is 16.0 Å². The molecule has 0 aliphatic carbocycles. The zero-order valence-electron chi connectivity index (χ0n) is 14.1. The van der Waals surface area contributed by atoms with Gasteiger partial charge in [0.1, 0.15) is 12.2 Å². The lowest BCUT2D eigenvalue weighted by Crippen LogP contribution is -2.48. The summed E-state index contributed by atoms with van der Waals surface area (Å²) >= 11 is 0. The second kappa shape index (κ2) is 8.17. The van der Waals surface area contributed by atoms with Gasteiger partial charge in [0.05, 0.1) is 19.3 Å². The zero-order valence-corrected chi connectivity index (χ0v) is 14.1. The summed E-state index contributed by atoms with van der Waals surface area (Å²) < 4.78 is 16.6. The van der Waals surface area contributed by atoms with E-state index >= 15 is 0 Å². The minimum Gasteiger partial charge on any atom is -0.441 e. The maximum atomic E-state index is 12.1. The molecule has 3 amide bonds. The van der Waals surface area contributed by atoms with Crippen LogP contribution in [0.2, 0.25) is 0 Å². The summed E-state index contributed by atoms with van der Waals surface area (Å²) in [6.07, 6.45) is -1.63. The quantitative estimate of drug-likeness (QED) is 0.729. The maximum absolute atomic E-state index is 12.1.